The van der Waals surface area contributed by atoms with E-state index in [4.69, 9.17) is 0 Å². The quantitative estimate of drug-likeness (QED) is 0.228. The van der Waals surface area contributed by atoms with E-state index in [1.807, 2.05) is 0 Å². The molecule has 0 aliphatic rings. The van der Waals surface area contributed by atoms with Gasteiger partial charge in [0, 0.05) is 0 Å². The first-order valence-electron chi connectivity index (χ1n) is 11.0. The Morgan fingerprint density at radius 3 is 1.32 bits per heavy atom. The van der Waals surface area contributed by atoms with Gasteiger partial charge < -0.3 is 19.7 Å². The molecule has 0 spiro atoms. The second kappa shape index (κ2) is 11.6. The molecule has 0 amide bonds. The molecule has 0 bridgehead atoms. The van der Waals surface area contributed by atoms with Crippen LogP contribution in [0, 0.1) is 0 Å². The molecule has 0 radical (unpaired) electrons. The van der Waals surface area contributed by atoms with Gasteiger partial charge in [-0.05, 0) is 66.1 Å². The first kappa shape index (κ1) is 25.8. The summed E-state index contributed by atoms with van der Waals surface area (Å²) in [4.78, 5) is 24.8. The van der Waals surface area contributed by atoms with Gasteiger partial charge in [-0.1, -0.05) is 48.5 Å². The van der Waals surface area contributed by atoms with Crippen molar-refractivity contribution in [2.75, 3.05) is 9.44 Å². The van der Waals surface area contributed by atoms with Crippen molar-refractivity contribution in [3.63, 3.8) is 0 Å². The minimum absolute atomic E-state index is 0.0585. The Labute approximate surface area is 218 Å². The number of hydrogen-bond donors (Lipinski definition) is 4. The SMILES string of the molecule is O=C(O)c1cc(Cc2ccc(NS(=O)c3ccccc3)c(C(=O)O)c2)ccc1NS(=O)c1ccccc1. The molecule has 4 aromatic carbocycles. The lowest BCUT2D eigenvalue weighted by Gasteiger charge is -2.13. The van der Waals surface area contributed by atoms with Gasteiger partial charge in [0.25, 0.3) is 0 Å². The van der Waals surface area contributed by atoms with Crippen molar-refractivity contribution in [1.82, 2.24) is 0 Å². The molecule has 8 nitrogen and oxygen atoms in total. The fourth-order valence-corrected chi connectivity index (χ4v) is 5.38. The van der Waals surface area contributed by atoms with E-state index in [1.54, 1.807) is 72.8 Å². The highest BCUT2D eigenvalue weighted by Gasteiger charge is 2.17. The second-order valence-corrected chi connectivity index (χ2v) is 10.3. The van der Waals surface area contributed by atoms with Crippen LogP contribution in [0.15, 0.2) is 107 Å². The van der Waals surface area contributed by atoms with Crippen molar-refractivity contribution >= 4 is 45.3 Å². The van der Waals surface area contributed by atoms with Crippen LogP contribution < -0.4 is 9.44 Å². The summed E-state index contributed by atoms with van der Waals surface area (Å²) in [6.45, 7) is 0. The van der Waals surface area contributed by atoms with E-state index in [0.717, 1.165) is 0 Å². The van der Waals surface area contributed by atoms with E-state index in [9.17, 15) is 28.2 Å². The summed E-state index contributed by atoms with van der Waals surface area (Å²) in [5.41, 5.74) is 1.53. The van der Waals surface area contributed by atoms with Gasteiger partial charge in [0.05, 0.1) is 32.3 Å². The maximum absolute atomic E-state index is 12.6. The van der Waals surface area contributed by atoms with E-state index in [0.29, 0.717) is 20.9 Å². The molecule has 4 aromatic rings. The van der Waals surface area contributed by atoms with Gasteiger partial charge in [-0.2, -0.15) is 0 Å². The van der Waals surface area contributed by atoms with Crippen LogP contribution in [0.5, 0.6) is 0 Å². The average Bonchev–Trinajstić information content (AvgIpc) is 2.91. The van der Waals surface area contributed by atoms with Crippen LogP contribution in [-0.4, -0.2) is 30.6 Å². The molecular formula is C27H22N2O6S2. The maximum Gasteiger partial charge on any atom is 0.337 e. The molecule has 2 atom stereocenters. The Morgan fingerprint density at radius 1 is 0.595 bits per heavy atom. The standard InChI is InChI=1S/C27H22N2O6S2/c30-26(31)22-16-18(11-13-24(22)28-36(34)20-7-3-1-4-8-20)15-19-12-14-25(23(17-19)27(32)33)29-37(35)21-9-5-2-6-10-21/h1-14,16-17,28-29H,15H2,(H,30,31)(H,32,33). The van der Waals surface area contributed by atoms with Gasteiger partial charge in [-0.15, -0.1) is 0 Å². The highest BCUT2D eigenvalue weighted by Crippen LogP contribution is 2.25. The molecule has 0 saturated carbocycles. The summed E-state index contributed by atoms with van der Waals surface area (Å²) in [7, 11) is -3.29. The number of rotatable bonds is 10. The maximum atomic E-state index is 12.6. The molecular weight excluding hydrogens is 512 g/mol. The highest BCUT2D eigenvalue weighted by molar-refractivity contribution is 7.86. The zero-order chi connectivity index (χ0) is 26.4. The summed E-state index contributed by atoms with van der Waals surface area (Å²) in [6.07, 6.45) is 0.255. The fourth-order valence-electron chi connectivity index (χ4n) is 3.58. The molecule has 0 aliphatic heterocycles. The van der Waals surface area contributed by atoms with E-state index < -0.39 is 33.9 Å². The first-order valence-corrected chi connectivity index (χ1v) is 13.3. The Hall–Kier alpha value is -4.28. The van der Waals surface area contributed by atoms with Crippen molar-refractivity contribution < 1.29 is 28.2 Å². The van der Waals surface area contributed by atoms with Crippen LogP contribution in [0.1, 0.15) is 31.8 Å². The molecule has 4 N–H and O–H groups in total. The minimum atomic E-state index is -1.65. The van der Waals surface area contributed by atoms with Crippen LogP contribution in [0.2, 0.25) is 0 Å². The van der Waals surface area contributed by atoms with Crippen LogP contribution in [0.3, 0.4) is 0 Å². The molecule has 0 aliphatic carbocycles. The second-order valence-electron chi connectivity index (χ2n) is 7.91. The number of carbonyl (C=O) groups is 2. The van der Waals surface area contributed by atoms with Crippen LogP contribution in [-0.2, 0) is 28.4 Å². The molecule has 0 saturated heterocycles. The molecule has 0 heterocycles. The lowest BCUT2D eigenvalue weighted by molar-refractivity contribution is 0.0687. The molecule has 4 rings (SSSR count). The van der Waals surface area contributed by atoms with Crippen molar-refractivity contribution in [2.45, 2.75) is 16.2 Å². The average molecular weight is 535 g/mol. The molecule has 2 unspecified atom stereocenters. The van der Waals surface area contributed by atoms with Crippen LogP contribution in [0.25, 0.3) is 0 Å². The van der Waals surface area contributed by atoms with Crippen molar-refractivity contribution in [2.24, 2.45) is 0 Å². The lowest BCUT2D eigenvalue weighted by Crippen LogP contribution is -2.11. The number of anilines is 2. The fraction of sp³-hybridized carbons (Fsp3) is 0.0370. The number of benzene rings is 4. The highest BCUT2D eigenvalue weighted by atomic mass is 32.2. The molecule has 188 valence electrons. The Morgan fingerprint density at radius 2 is 0.973 bits per heavy atom. The number of nitrogens with one attached hydrogen (secondary N) is 2. The third-order valence-electron chi connectivity index (χ3n) is 5.36. The largest absolute Gasteiger partial charge is 0.478 e. The van der Waals surface area contributed by atoms with Gasteiger partial charge in [-0.25, -0.2) is 18.0 Å². The van der Waals surface area contributed by atoms with Crippen molar-refractivity contribution in [3.05, 3.63) is 119 Å². The smallest absolute Gasteiger partial charge is 0.337 e. The summed E-state index contributed by atoms with van der Waals surface area (Å²) in [5, 5.41) is 19.4. The third kappa shape index (κ3) is 6.49. The Bertz CT molecular complexity index is 1380. The zero-order valence-electron chi connectivity index (χ0n) is 19.3. The topological polar surface area (TPSA) is 133 Å². The van der Waals surface area contributed by atoms with Crippen molar-refractivity contribution in [3.8, 4) is 0 Å². The summed E-state index contributed by atoms with van der Waals surface area (Å²) in [5.74, 6) is -2.38. The van der Waals surface area contributed by atoms with E-state index in [-0.39, 0.29) is 28.9 Å². The molecule has 0 fully saturated rings. The monoisotopic (exact) mass is 534 g/mol. The number of aromatic carboxylic acids is 2. The van der Waals surface area contributed by atoms with E-state index in [2.05, 4.69) is 9.44 Å². The predicted molar refractivity (Wildman–Crippen MR) is 143 cm³/mol. The summed E-state index contributed by atoms with van der Waals surface area (Å²) in [6, 6.07) is 26.6. The lowest BCUT2D eigenvalue weighted by atomic mass is 9.99. The molecule has 37 heavy (non-hydrogen) atoms. The van der Waals surface area contributed by atoms with Gasteiger partial charge in [-0.3, -0.25) is 0 Å². The van der Waals surface area contributed by atoms with Gasteiger partial charge in [0.1, 0.15) is 22.0 Å². The number of carboxylic acids is 2. The summed E-state index contributed by atoms with van der Waals surface area (Å²) < 4.78 is 30.7. The Kier molecular flexibility index (Phi) is 8.11. The normalized spacial score (nSPS) is 12.3. The third-order valence-corrected chi connectivity index (χ3v) is 7.57. The Balaban J connectivity index is 1.55. The van der Waals surface area contributed by atoms with Gasteiger partial charge >= 0.3 is 11.9 Å². The number of hydrogen-bond acceptors (Lipinski definition) is 4. The molecule has 10 heteroatoms. The van der Waals surface area contributed by atoms with Gasteiger partial charge in [0.15, 0.2) is 0 Å². The van der Waals surface area contributed by atoms with Crippen LogP contribution >= 0.6 is 0 Å². The molecule has 0 aromatic heterocycles. The first-order chi connectivity index (χ1) is 17.8. The van der Waals surface area contributed by atoms with E-state index in [1.165, 1.54) is 24.3 Å². The minimum Gasteiger partial charge on any atom is -0.478 e. The van der Waals surface area contributed by atoms with E-state index >= 15 is 0 Å². The van der Waals surface area contributed by atoms with Gasteiger partial charge in [0.2, 0.25) is 0 Å². The van der Waals surface area contributed by atoms with Crippen molar-refractivity contribution in [1.29, 1.82) is 0 Å². The summed E-state index contributed by atoms with van der Waals surface area (Å²) >= 11 is 0. The number of carboxylic acid groups (broad SMARTS) is 2. The zero-order valence-corrected chi connectivity index (χ0v) is 20.9. The van der Waals surface area contributed by atoms with Crippen LogP contribution in [0.4, 0.5) is 11.4 Å². The predicted octanol–water partition coefficient (Wildman–Crippen LogP) is 4.94.